The molecule has 106 valence electrons. The Bertz CT molecular complexity index is 582. The number of aryl methyl sites for hydroxylation is 1. The van der Waals surface area contributed by atoms with Crippen molar-refractivity contribution in [3.8, 4) is 10.7 Å². The zero-order valence-corrected chi connectivity index (χ0v) is 12.7. The zero-order chi connectivity index (χ0) is 14.5. The Labute approximate surface area is 122 Å². The van der Waals surface area contributed by atoms with Crippen LogP contribution in [0.1, 0.15) is 15.4 Å². The number of amides is 1. The topological polar surface area (TPSA) is 58.1 Å². The molecule has 6 heteroatoms. The fourth-order valence-corrected chi connectivity index (χ4v) is 2.79. The van der Waals surface area contributed by atoms with Gasteiger partial charge in [-0.25, -0.2) is 4.98 Å². The summed E-state index contributed by atoms with van der Waals surface area (Å²) < 4.78 is 0. The van der Waals surface area contributed by atoms with Crippen LogP contribution in [0.25, 0.3) is 10.7 Å². The van der Waals surface area contributed by atoms with Gasteiger partial charge in [-0.15, -0.1) is 11.3 Å². The van der Waals surface area contributed by atoms with E-state index in [1.807, 2.05) is 32.2 Å². The summed E-state index contributed by atoms with van der Waals surface area (Å²) in [5.41, 5.74) is 1.56. The highest BCUT2D eigenvalue weighted by atomic mass is 32.1. The Morgan fingerprint density at radius 3 is 2.90 bits per heavy atom. The van der Waals surface area contributed by atoms with Crippen LogP contribution in [0.5, 0.6) is 0 Å². The molecular weight excluding hydrogens is 272 g/mol. The molecule has 20 heavy (non-hydrogen) atoms. The summed E-state index contributed by atoms with van der Waals surface area (Å²) in [6, 6.07) is 5.68. The van der Waals surface area contributed by atoms with Crippen LogP contribution in [0.15, 0.2) is 24.4 Å². The number of nitrogens with one attached hydrogen (secondary N) is 1. The molecule has 1 N–H and O–H groups in total. The molecule has 1 amide bonds. The van der Waals surface area contributed by atoms with Crippen LogP contribution < -0.4 is 5.32 Å². The number of aromatic nitrogens is 2. The van der Waals surface area contributed by atoms with E-state index in [2.05, 4.69) is 15.3 Å². The van der Waals surface area contributed by atoms with Crippen molar-refractivity contribution in [3.05, 3.63) is 35.0 Å². The molecule has 0 aliphatic heterocycles. The molecule has 2 aromatic rings. The van der Waals surface area contributed by atoms with E-state index in [0.29, 0.717) is 11.4 Å². The Morgan fingerprint density at radius 2 is 2.25 bits per heavy atom. The molecule has 0 aliphatic rings. The Morgan fingerprint density at radius 1 is 1.45 bits per heavy atom. The number of carbonyl (C=O) groups excluding carboxylic acids is 1. The van der Waals surface area contributed by atoms with Crippen molar-refractivity contribution in [1.29, 1.82) is 0 Å². The molecule has 5 nitrogen and oxygen atoms in total. The second-order valence-corrected chi connectivity index (χ2v) is 5.48. The monoisotopic (exact) mass is 290 g/mol. The zero-order valence-electron chi connectivity index (χ0n) is 11.9. The molecule has 0 aromatic carbocycles. The second kappa shape index (κ2) is 6.58. The van der Waals surface area contributed by atoms with Gasteiger partial charge in [0.25, 0.3) is 5.91 Å². The normalized spacial score (nSPS) is 10.6. The highest BCUT2D eigenvalue weighted by Gasteiger charge is 2.19. The average molecular weight is 290 g/mol. The van der Waals surface area contributed by atoms with Gasteiger partial charge in [0.15, 0.2) is 0 Å². The van der Waals surface area contributed by atoms with Gasteiger partial charge in [-0.05, 0) is 26.1 Å². The van der Waals surface area contributed by atoms with Crippen LogP contribution in [-0.2, 0) is 0 Å². The third kappa shape index (κ3) is 3.20. The lowest BCUT2D eigenvalue weighted by Gasteiger charge is -2.15. The second-order valence-electron chi connectivity index (χ2n) is 4.48. The molecule has 0 saturated carbocycles. The van der Waals surface area contributed by atoms with Gasteiger partial charge < -0.3 is 10.2 Å². The van der Waals surface area contributed by atoms with Crippen LogP contribution in [0.2, 0.25) is 0 Å². The van der Waals surface area contributed by atoms with Crippen LogP contribution >= 0.6 is 11.3 Å². The predicted molar refractivity (Wildman–Crippen MR) is 81.0 cm³/mol. The summed E-state index contributed by atoms with van der Waals surface area (Å²) in [7, 11) is 3.68. The average Bonchev–Trinajstić information content (AvgIpc) is 2.87. The quantitative estimate of drug-likeness (QED) is 0.912. The molecule has 0 saturated heterocycles. The van der Waals surface area contributed by atoms with Crippen molar-refractivity contribution in [3.63, 3.8) is 0 Å². The number of nitrogens with zero attached hydrogens (tertiary/aromatic N) is 3. The highest BCUT2D eigenvalue weighted by Crippen LogP contribution is 2.27. The third-order valence-corrected chi connectivity index (χ3v) is 4.09. The molecule has 0 bridgehead atoms. The van der Waals surface area contributed by atoms with E-state index in [9.17, 15) is 4.79 Å². The largest absolute Gasteiger partial charge is 0.340 e. The van der Waals surface area contributed by atoms with E-state index in [-0.39, 0.29) is 5.91 Å². The van der Waals surface area contributed by atoms with Crippen molar-refractivity contribution in [2.75, 3.05) is 27.2 Å². The minimum atomic E-state index is 0.0115. The van der Waals surface area contributed by atoms with Gasteiger partial charge in [-0.2, -0.15) is 0 Å². The van der Waals surface area contributed by atoms with Crippen molar-refractivity contribution in [2.45, 2.75) is 6.92 Å². The number of hydrogen-bond acceptors (Lipinski definition) is 5. The van der Waals surface area contributed by atoms with E-state index >= 15 is 0 Å². The lowest BCUT2D eigenvalue weighted by molar-refractivity contribution is 0.0800. The van der Waals surface area contributed by atoms with Crippen LogP contribution in [0, 0.1) is 6.92 Å². The fraction of sp³-hybridized carbons (Fsp3) is 0.357. The van der Waals surface area contributed by atoms with E-state index in [4.69, 9.17) is 0 Å². The number of pyridine rings is 1. The molecule has 0 radical (unpaired) electrons. The molecule has 0 fully saturated rings. The Hall–Kier alpha value is -1.79. The molecule has 0 atom stereocenters. The van der Waals surface area contributed by atoms with Gasteiger partial charge in [0.05, 0.1) is 11.4 Å². The summed E-state index contributed by atoms with van der Waals surface area (Å²) in [6.07, 6.45) is 1.73. The van der Waals surface area contributed by atoms with E-state index in [1.54, 1.807) is 18.1 Å². The van der Waals surface area contributed by atoms with Crippen LogP contribution in [-0.4, -0.2) is 48.0 Å². The molecular formula is C14H18N4OS. The summed E-state index contributed by atoms with van der Waals surface area (Å²) in [4.78, 5) is 23.5. The van der Waals surface area contributed by atoms with Gasteiger partial charge in [0.1, 0.15) is 9.88 Å². The van der Waals surface area contributed by atoms with Gasteiger partial charge in [-0.1, -0.05) is 6.07 Å². The minimum absolute atomic E-state index is 0.0115. The van der Waals surface area contributed by atoms with Gasteiger partial charge in [0.2, 0.25) is 0 Å². The first-order chi connectivity index (χ1) is 9.63. The first-order valence-electron chi connectivity index (χ1n) is 6.42. The summed E-state index contributed by atoms with van der Waals surface area (Å²) in [5, 5.41) is 3.82. The van der Waals surface area contributed by atoms with Crippen LogP contribution in [0.4, 0.5) is 0 Å². The lowest BCUT2D eigenvalue weighted by Crippen LogP contribution is -2.32. The van der Waals surface area contributed by atoms with Crippen molar-refractivity contribution in [2.24, 2.45) is 0 Å². The molecule has 0 unspecified atom stereocenters. The molecule has 0 aliphatic carbocycles. The third-order valence-electron chi connectivity index (χ3n) is 2.92. The maximum atomic E-state index is 12.4. The molecule has 2 rings (SSSR count). The molecule has 2 heterocycles. The van der Waals surface area contributed by atoms with Gasteiger partial charge in [-0.3, -0.25) is 9.78 Å². The van der Waals surface area contributed by atoms with Crippen molar-refractivity contribution < 1.29 is 4.79 Å². The van der Waals surface area contributed by atoms with Gasteiger partial charge in [0, 0.05) is 26.3 Å². The van der Waals surface area contributed by atoms with Crippen molar-refractivity contribution >= 4 is 17.2 Å². The highest BCUT2D eigenvalue weighted by molar-refractivity contribution is 7.17. The van der Waals surface area contributed by atoms with E-state index in [1.165, 1.54) is 11.3 Å². The summed E-state index contributed by atoms with van der Waals surface area (Å²) in [6.45, 7) is 3.31. The fourth-order valence-electron chi connectivity index (χ4n) is 1.75. The Kier molecular flexibility index (Phi) is 4.81. The molecule has 2 aromatic heterocycles. The number of carbonyl (C=O) groups is 1. The molecule has 0 spiro atoms. The Balaban J connectivity index is 2.21. The lowest BCUT2D eigenvalue weighted by atomic mass is 10.3. The minimum Gasteiger partial charge on any atom is -0.340 e. The standard InChI is InChI=1S/C14H18N4OS/c1-10-12(14(19)18(3)9-8-15-2)20-13(17-10)11-6-4-5-7-16-11/h4-7,15H,8-9H2,1-3H3. The van der Waals surface area contributed by atoms with Gasteiger partial charge >= 0.3 is 0 Å². The number of hydrogen-bond donors (Lipinski definition) is 1. The maximum absolute atomic E-state index is 12.4. The van der Waals surface area contributed by atoms with E-state index in [0.717, 1.165) is 22.9 Å². The first-order valence-corrected chi connectivity index (χ1v) is 7.24. The number of likely N-dealkylation sites (N-methyl/N-ethyl adjacent to an activating group) is 2. The predicted octanol–water partition coefficient (Wildman–Crippen LogP) is 1.80. The summed E-state index contributed by atoms with van der Waals surface area (Å²) >= 11 is 1.40. The number of rotatable bonds is 5. The van der Waals surface area contributed by atoms with Crippen LogP contribution in [0.3, 0.4) is 0 Å². The SMILES string of the molecule is CNCCN(C)C(=O)c1sc(-c2ccccn2)nc1C. The maximum Gasteiger partial charge on any atom is 0.265 e. The van der Waals surface area contributed by atoms with E-state index < -0.39 is 0 Å². The van der Waals surface area contributed by atoms with Crippen molar-refractivity contribution in [1.82, 2.24) is 20.2 Å². The smallest absolute Gasteiger partial charge is 0.265 e. The summed E-state index contributed by atoms with van der Waals surface area (Å²) in [5.74, 6) is 0.0115. The first kappa shape index (κ1) is 14.6. The number of thiazole rings is 1.